The fourth-order valence-electron chi connectivity index (χ4n) is 2.60. The average Bonchev–Trinajstić information content (AvgIpc) is 2.75. The summed E-state index contributed by atoms with van der Waals surface area (Å²) in [5, 5.41) is 5.54. The van der Waals surface area contributed by atoms with E-state index in [1.807, 2.05) is 0 Å². The molecule has 1 atom stereocenters. The van der Waals surface area contributed by atoms with Gasteiger partial charge in [0.15, 0.2) is 0 Å². The minimum atomic E-state index is 0.118. The van der Waals surface area contributed by atoms with Crippen LogP contribution in [0.5, 0.6) is 0 Å². The zero-order valence-corrected chi connectivity index (χ0v) is 12.5. The molecule has 0 amide bonds. The molecule has 2 rings (SSSR count). The lowest BCUT2D eigenvalue weighted by molar-refractivity contribution is 0.139. The summed E-state index contributed by atoms with van der Waals surface area (Å²) < 4.78 is 0. The normalized spacial score (nSPS) is 20.0. The second-order valence-electron chi connectivity index (χ2n) is 5.96. The lowest BCUT2D eigenvalue weighted by Crippen LogP contribution is -2.49. The number of nitrogens with one attached hydrogen (secondary N) is 1. The Morgan fingerprint density at radius 1 is 1.44 bits per heavy atom. The van der Waals surface area contributed by atoms with Gasteiger partial charge in [-0.15, -0.1) is 11.3 Å². The summed E-state index contributed by atoms with van der Waals surface area (Å²) in [5.41, 5.74) is 7.96. The predicted molar refractivity (Wildman–Crippen MR) is 79.1 cm³/mol. The van der Waals surface area contributed by atoms with Crippen LogP contribution in [0.3, 0.4) is 0 Å². The third kappa shape index (κ3) is 3.12. The molecule has 0 bridgehead atoms. The first kappa shape index (κ1) is 14.0. The van der Waals surface area contributed by atoms with Crippen molar-refractivity contribution in [3.63, 3.8) is 0 Å². The number of nitrogens with two attached hydrogens (primary N) is 1. The average molecular weight is 267 g/mol. The van der Waals surface area contributed by atoms with Crippen LogP contribution in [-0.4, -0.2) is 37.6 Å². The predicted octanol–water partition coefficient (Wildman–Crippen LogP) is 1.99. The summed E-state index contributed by atoms with van der Waals surface area (Å²) in [6.45, 7) is 12.3. The maximum Gasteiger partial charge on any atom is 0.0456 e. The van der Waals surface area contributed by atoms with Crippen LogP contribution < -0.4 is 11.1 Å². The first-order chi connectivity index (χ1) is 8.50. The number of thiophene rings is 1. The van der Waals surface area contributed by atoms with Gasteiger partial charge in [-0.1, -0.05) is 13.8 Å². The van der Waals surface area contributed by atoms with E-state index >= 15 is 0 Å². The van der Waals surface area contributed by atoms with Crippen LogP contribution in [0.15, 0.2) is 11.4 Å². The Morgan fingerprint density at radius 3 is 2.67 bits per heavy atom. The van der Waals surface area contributed by atoms with Crippen LogP contribution in [0.2, 0.25) is 0 Å². The zero-order chi connectivity index (χ0) is 13.2. The molecule has 18 heavy (non-hydrogen) atoms. The van der Waals surface area contributed by atoms with Gasteiger partial charge in [-0.25, -0.2) is 0 Å². The van der Waals surface area contributed by atoms with E-state index in [9.17, 15) is 0 Å². The number of hydrogen-bond acceptors (Lipinski definition) is 4. The van der Waals surface area contributed by atoms with Crippen molar-refractivity contribution >= 4 is 11.3 Å². The van der Waals surface area contributed by atoms with E-state index in [0.29, 0.717) is 0 Å². The van der Waals surface area contributed by atoms with E-state index in [1.165, 1.54) is 10.4 Å². The molecule has 1 fully saturated rings. The van der Waals surface area contributed by atoms with Crippen molar-refractivity contribution < 1.29 is 0 Å². The monoisotopic (exact) mass is 267 g/mol. The number of aryl methyl sites for hydroxylation is 1. The fourth-order valence-corrected chi connectivity index (χ4v) is 3.74. The van der Waals surface area contributed by atoms with Crippen LogP contribution in [-0.2, 0) is 0 Å². The molecule has 0 spiro atoms. The van der Waals surface area contributed by atoms with Gasteiger partial charge in [0.05, 0.1) is 0 Å². The van der Waals surface area contributed by atoms with Crippen LogP contribution in [0, 0.1) is 12.3 Å². The van der Waals surface area contributed by atoms with Crippen LogP contribution >= 0.6 is 11.3 Å². The summed E-state index contributed by atoms with van der Waals surface area (Å²) in [7, 11) is 0. The van der Waals surface area contributed by atoms with Crippen molar-refractivity contribution in [1.82, 2.24) is 10.2 Å². The molecule has 0 radical (unpaired) electrons. The first-order valence-electron chi connectivity index (χ1n) is 6.73. The molecule has 2 heterocycles. The highest BCUT2D eigenvalue weighted by atomic mass is 32.1. The van der Waals surface area contributed by atoms with Gasteiger partial charge in [0.25, 0.3) is 0 Å². The summed E-state index contributed by atoms with van der Waals surface area (Å²) in [5.74, 6) is 0. The molecule has 102 valence electrons. The van der Waals surface area contributed by atoms with Crippen LogP contribution in [0.4, 0.5) is 0 Å². The Labute approximate surface area is 114 Å². The van der Waals surface area contributed by atoms with Crippen molar-refractivity contribution in [2.45, 2.75) is 26.8 Å². The highest BCUT2D eigenvalue weighted by Gasteiger charge is 2.31. The Morgan fingerprint density at radius 2 is 2.11 bits per heavy atom. The van der Waals surface area contributed by atoms with Crippen LogP contribution in [0.25, 0.3) is 0 Å². The zero-order valence-electron chi connectivity index (χ0n) is 11.7. The van der Waals surface area contributed by atoms with E-state index in [1.54, 1.807) is 11.3 Å². The van der Waals surface area contributed by atoms with Gasteiger partial charge in [0.1, 0.15) is 0 Å². The topological polar surface area (TPSA) is 41.3 Å². The molecule has 0 aromatic carbocycles. The lowest BCUT2D eigenvalue weighted by atomic mass is 9.82. The molecule has 1 unspecified atom stereocenters. The van der Waals surface area contributed by atoms with Crippen molar-refractivity contribution in [2.24, 2.45) is 11.1 Å². The largest absolute Gasteiger partial charge is 0.323 e. The first-order valence-corrected chi connectivity index (χ1v) is 7.61. The molecular weight excluding hydrogens is 242 g/mol. The molecule has 3 nitrogen and oxygen atoms in total. The highest BCUT2D eigenvalue weighted by molar-refractivity contribution is 7.10. The van der Waals surface area contributed by atoms with E-state index < -0.39 is 0 Å². The number of nitrogens with zero attached hydrogens (tertiary/aromatic N) is 1. The number of rotatable bonds is 4. The molecule has 1 aliphatic rings. The molecule has 1 aromatic heterocycles. The third-order valence-corrected chi connectivity index (χ3v) is 4.97. The summed E-state index contributed by atoms with van der Waals surface area (Å²) >= 11 is 1.79. The smallest absolute Gasteiger partial charge is 0.0456 e. The lowest BCUT2D eigenvalue weighted by Gasteiger charge is -2.38. The Bertz CT molecular complexity index is 380. The Hall–Kier alpha value is -0.420. The van der Waals surface area contributed by atoms with Gasteiger partial charge in [0.2, 0.25) is 0 Å². The summed E-state index contributed by atoms with van der Waals surface area (Å²) in [4.78, 5) is 3.87. The van der Waals surface area contributed by atoms with E-state index in [2.05, 4.69) is 42.4 Å². The molecule has 1 aliphatic heterocycles. The van der Waals surface area contributed by atoms with Gasteiger partial charge < -0.3 is 16.0 Å². The molecule has 0 aliphatic carbocycles. The summed E-state index contributed by atoms with van der Waals surface area (Å²) in [6.07, 6.45) is 0. The molecular formula is C14H25N3S. The molecule has 1 aromatic rings. The Kier molecular flexibility index (Phi) is 4.43. The van der Waals surface area contributed by atoms with Crippen molar-refractivity contribution in [1.29, 1.82) is 0 Å². The maximum absolute atomic E-state index is 6.50. The number of piperazine rings is 1. The third-order valence-electron chi connectivity index (χ3n) is 3.87. The van der Waals surface area contributed by atoms with Gasteiger partial charge in [-0.2, -0.15) is 0 Å². The van der Waals surface area contributed by atoms with Crippen LogP contribution in [0.1, 0.15) is 30.3 Å². The van der Waals surface area contributed by atoms with Gasteiger partial charge in [-0.3, -0.25) is 0 Å². The molecule has 3 N–H and O–H groups in total. The molecule has 0 saturated carbocycles. The van der Waals surface area contributed by atoms with Gasteiger partial charge in [0, 0.05) is 43.6 Å². The second kappa shape index (κ2) is 5.70. The number of hydrogen-bond donors (Lipinski definition) is 2. The van der Waals surface area contributed by atoms with E-state index in [-0.39, 0.29) is 11.5 Å². The standard InChI is InChI=1S/C14H25N3S/c1-11-4-9-18-12(11)13(15)14(2,3)10-17-7-5-16-6-8-17/h4,9,13,16H,5-8,10,15H2,1-3H3. The molecule has 1 saturated heterocycles. The van der Waals surface area contributed by atoms with Crippen molar-refractivity contribution in [3.05, 3.63) is 21.9 Å². The maximum atomic E-state index is 6.50. The van der Waals surface area contributed by atoms with Crippen molar-refractivity contribution in [2.75, 3.05) is 32.7 Å². The highest BCUT2D eigenvalue weighted by Crippen LogP contribution is 2.36. The SMILES string of the molecule is Cc1ccsc1C(N)C(C)(C)CN1CCNCC1. The van der Waals surface area contributed by atoms with Gasteiger partial charge in [-0.05, 0) is 29.3 Å². The second-order valence-corrected chi connectivity index (χ2v) is 6.91. The Balaban J connectivity index is 2.03. The van der Waals surface area contributed by atoms with E-state index in [0.717, 1.165) is 32.7 Å². The van der Waals surface area contributed by atoms with Crippen molar-refractivity contribution in [3.8, 4) is 0 Å². The quantitative estimate of drug-likeness (QED) is 0.876. The van der Waals surface area contributed by atoms with Gasteiger partial charge >= 0.3 is 0 Å². The summed E-state index contributed by atoms with van der Waals surface area (Å²) in [6, 6.07) is 2.30. The minimum absolute atomic E-state index is 0.118. The minimum Gasteiger partial charge on any atom is -0.323 e. The fraction of sp³-hybridized carbons (Fsp3) is 0.714. The molecule has 4 heteroatoms. The van der Waals surface area contributed by atoms with E-state index in [4.69, 9.17) is 5.73 Å².